The second-order valence-corrected chi connectivity index (χ2v) is 17.2. The van der Waals surface area contributed by atoms with Crippen LogP contribution in [0.15, 0.2) is 48.5 Å². The van der Waals surface area contributed by atoms with Gasteiger partial charge in [0.15, 0.2) is 0 Å². The lowest BCUT2D eigenvalue weighted by atomic mass is 9.83. The van der Waals surface area contributed by atoms with Gasteiger partial charge in [0, 0.05) is 69.2 Å². The molecule has 2 amide bonds. The first-order valence-corrected chi connectivity index (χ1v) is 21.7. The predicted octanol–water partition coefficient (Wildman–Crippen LogP) is 5.29. The third-order valence-electron chi connectivity index (χ3n) is 10.6. The average molecular weight is 900 g/mol. The van der Waals surface area contributed by atoms with Crippen molar-refractivity contribution >= 4 is 45.4 Å². The first-order valence-electron chi connectivity index (χ1n) is 19.4. The molecule has 2 heterocycles. The van der Waals surface area contributed by atoms with E-state index < -0.39 is 40.4 Å². The fourth-order valence-corrected chi connectivity index (χ4v) is 8.57. The lowest BCUT2D eigenvalue weighted by Gasteiger charge is -2.45. The number of hydrogen-bond acceptors (Lipinski definition) is 8. The summed E-state index contributed by atoms with van der Waals surface area (Å²) in [5, 5.41) is 21.5. The number of halogens is 7. The lowest BCUT2D eigenvalue weighted by Crippen LogP contribution is -2.59. The molecular formula is C39H52ClF6N5O8S. The fraction of sp³-hybridized carbons (Fsp3) is 0.590. The second kappa shape index (κ2) is 22.7. The molecule has 3 unspecified atom stereocenters. The number of carbonyl (C=O) groups excluding carboxylic acids is 2. The van der Waals surface area contributed by atoms with Gasteiger partial charge in [0.05, 0.1) is 6.26 Å². The van der Waals surface area contributed by atoms with Crippen LogP contribution in [0.25, 0.3) is 0 Å². The van der Waals surface area contributed by atoms with Crippen LogP contribution in [0.5, 0.6) is 0 Å². The number of nitrogens with zero attached hydrogens (tertiary/aromatic N) is 3. The Bertz CT molecular complexity index is 1820. The molecule has 0 radical (unpaired) electrons. The van der Waals surface area contributed by atoms with Crippen molar-refractivity contribution < 1.29 is 64.2 Å². The van der Waals surface area contributed by atoms with Gasteiger partial charge in [0.25, 0.3) is 0 Å². The highest BCUT2D eigenvalue weighted by atomic mass is 35.5. The van der Waals surface area contributed by atoms with E-state index in [2.05, 4.69) is 27.7 Å². The molecule has 336 valence electrons. The Kier molecular flexibility index (Phi) is 19.1. The summed E-state index contributed by atoms with van der Waals surface area (Å²) in [6, 6.07) is 15.0. The zero-order valence-corrected chi connectivity index (χ0v) is 34.8. The van der Waals surface area contributed by atoms with E-state index in [4.69, 9.17) is 31.4 Å². The molecule has 0 aromatic heterocycles. The number of sulfonamides is 1. The molecule has 4 N–H and O–H groups in total. The van der Waals surface area contributed by atoms with Crippen molar-refractivity contribution in [3.05, 3.63) is 70.2 Å². The van der Waals surface area contributed by atoms with Gasteiger partial charge in [-0.3, -0.25) is 14.5 Å². The number of likely N-dealkylation sites (N-methyl/N-ethyl adjacent to an activating group) is 1. The van der Waals surface area contributed by atoms with Gasteiger partial charge < -0.3 is 25.7 Å². The summed E-state index contributed by atoms with van der Waals surface area (Å²) in [5.41, 5.74) is 3.34. The van der Waals surface area contributed by atoms with E-state index in [1.165, 1.54) is 31.1 Å². The Labute approximate surface area is 350 Å². The normalized spacial score (nSPS) is 18.8. The monoisotopic (exact) mass is 899 g/mol. The Morgan fingerprint density at radius 3 is 1.97 bits per heavy atom. The minimum absolute atomic E-state index is 0.0829. The van der Waals surface area contributed by atoms with Gasteiger partial charge in [-0.25, -0.2) is 22.3 Å². The molecule has 3 aliphatic rings. The summed E-state index contributed by atoms with van der Waals surface area (Å²) >= 11 is 6.13. The summed E-state index contributed by atoms with van der Waals surface area (Å²) in [6.45, 7) is 6.09. The number of rotatable bonds is 12. The fourth-order valence-electron chi connectivity index (χ4n) is 7.55. The molecule has 1 saturated carbocycles. The molecule has 3 atom stereocenters. The van der Waals surface area contributed by atoms with Gasteiger partial charge in [-0.1, -0.05) is 74.2 Å². The molecule has 60 heavy (non-hydrogen) atoms. The van der Waals surface area contributed by atoms with E-state index in [9.17, 15) is 44.3 Å². The van der Waals surface area contributed by atoms with Crippen molar-refractivity contribution in [1.82, 2.24) is 24.7 Å². The van der Waals surface area contributed by atoms with Crippen molar-refractivity contribution in [2.75, 3.05) is 52.1 Å². The van der Waals surface area contributed by atoms with Crippen LogP contribution in [0.3, 0.4) is 0 Å². The smallest absolute Gasteiger partial charge is 0.475 e. The van der Waals surface area contributed by atoms with Crippen molar-refractivity contribution in [1.29, 1.82) is 0 Å². The number of piperazine rings is 1. The third kappa shape index (κ3) is 16.1. The maximum absolute atomic E-state index is 14.1. The van der Waals surface area contributed by atoms with Crippen LogP contribution >= 0.6 is 11.6 Å². The number of carbonyl (C=O) groups is 4. The van der Waals surface area contributed by atoms with Crippen LogP contribution in [0.1, 0.15) is 68.2 Å². The lowest BCUT2D eigenvalue weighted by molar-refractivity contribution is -0.193. The molecule has 2 aliphatic heterocycles. The van der Waals surface area contributed by atoms with E-state index in [0.717, 1.165) is 36.9 Å². The number of benzene rings is 2. The van der Waals surface area contributed by atoms with Gasteiger partial charge in [-0.05, 0) is 60.5 Å². The van der Waals surface area contributed by atoms with E-state index in [0.29, 0.717) is 56.6 Å². The molecule has 21 heteroatoms. The maximum atomic E-state index is 14.1. The standard InChI is InChI=1S/C35H50ClN5O4S.2C2HF3O2/c1-3-41(46(2,44)45)25-33(28-10-5-4-6-11-28)39-19-21-40(22-20-39)35(43)32(23-26-13-15-29(36)16-14-26)38-34(42)24-31-30-12-8-7-9-27(30)17-18-37-31;2*3-2(4,5)1(6)7/h7-9,12-16,28,31-33,37H,3-6,10-11,17-25H2,1-2H3,(H,38,42);2*(H,6,7). The van der Waals surface area contributed by atoms with Crippen molar-refractivity contribution in [3.63, 3.8) is 0 Å². The van der Waals surface area contributed by atoms with E-state index in [1.807, 2.05) is 48.2 Å². The van der Waals surface area contributed by atoms with E-state index in [-0.39, 0.29) is 30.3 Å². The molecule has 1 aliphatic carbocycles. The highest BCUT2D eigenvalue weighted by Crippen LogP contribution is 2.31. The zero-order valence-electron chi connectivity index (χ0n) is 33.3. The van der Waals surface area contributed by atoms with Crippen LogP contribution in [0.2, 0.25) is 5.02 Å². The Morgan fingerprint density at radius 2 is 1.45 bits per heavy atom. The van der Waals surface area contributed by atoms with Gasteiger partial charge in [0.2, 0.25) is 21.8 Å². The first-order chi connectivity index (χ1) is 28.0. The Hall–Kier alpha value is -3.98. The average Bonchev–Trinajstić information content (AvgIpc) is 3.18. The number of alkyl halides is 6. The van der Waals surface area contributed by atoms with Crippen LogP contribution in [0.4, 0.5) is 26.3 Å². The van der Waals surface area contributed by atoms with Gasteiger partial charge >= 0.3 is 24.3 Å². The molecule has 2 aromatic rings. The number of amides is 2. The second-order valence-electron chi connectivity index (χ2n) is 14.8. The summed E-state index contributed by atoms with van der Waals surface area (Å²) < 4.78 is 90.1. The summed E-state index contributed by atoms with van der Waals surface area (Å²) in [6.07, 6.45) is -1.49. The van der Waals surface area contributed by atoms with Crippen LogP contribution in [0, 0.1) is 5.92 Å². The van der Waals surface area contributed by atoms with Crippen molar-refractivity contribution in [2.45, 2.75) is 88.8 Å². The van der Waals surface area contributed by atoms with Crippen LogP contribution in [-0.4, -0.2) is 133 Å². The van der Waals surface area contributed by atoms with E-state index in [1.54, 1.807) is 4.31 Å². The Balaban J connectivity index is 0.000000589. The van der Waals surface area contributed by atoms with Crippen molar-refractivity contribution in [2.24, 2.45) is 5.92 Å². The molecule has 1 saturated heterocycles. The number of hydrogen-bond donors (Lipinski definition) is 4. The number of aliphatic carboxylic acids is 2. The third-order valence-corrected chi connectivity index (χ3v) is 12.2. The maximum Gasteiger partial charge on any atom is 0.490 e. The predicted molar refractivity (Wildman–Crippen MR) is 211 cm³/mol. The topological polar surface area (TPSA) is 177 Å². The molecule has 2 aromatic carbocycles. The minimum atomic E-state index is -5.08. The molecule has 0 bridgehead atoms. The van der Waals surface area contributed by atoms with Crippen molar-refractivity contribution in [3.8, 4) is 0 Å². The Morgan fingerprint density at radius 1 is 0.900 bits per heavy atom. The number of nitrogens with one attached hydrogen (secondary N) is 2. The summed E-state index contributed by atoms with van der Waals surface area (Å²) in [5.74, 6) is -5.30. The van der Waals surface area contributed by atoms with E-state index >= 15 is 0 Å². The molecule has 0 spiro atoms. The first kappa shape index (κ1) is 50.4. The number of carboxylic acid groups (broad SMARTS) is 2. The van der Waals surface area contributed by atoms with Crippen LogP contribution < -0.4 is 10.6 Å². The minimum Gasteiger partial charge on any atom is -0.475 e. The largest absolute Gasteiger partial charge is 0.490 e. The summed E-state index contributed by atoms with van der Waals surface area (Å²) in [4.78, 5) is 49.7. The highest BCUT2D eigenvalue weighted by molar-refractivity contribution is 7.88. The molecule has 2 fully saturated rings. The zero-order chi connectivity index (χ0) is 44.8. The highest BCUT2D eigenvalue weighted by Gasteiger charge is 2.39. The van der Waals surface area contributed by atoms with Gasteiger partial charge in [0.1, 0.15) is 6.04 Å². The number of carboxylic acids is 2. The summed E-state index contributed by atoms with van der Waals surface area (Å²) in [7, 11) is -3.31. The molecule has 5 rings (SSSR count). The van der Waals surface area contributed by atoms with Gasteiger partial charge in [-0.15, -0.1) is 0 Å². The molecular weight excluding hydrogens is 848 g/mol. The van der Waals surface area contributed by atoms with Gasteiger partial charge in [-0.2, -0.15) is 26.3 Å². The SMILES string of the molecule is CCN(CC(C1CCCCC1)N1CCN(C(=O)C(Cc2ccc(Cl)cc2)NC(=O)CC2NCCc3ccccc32)CC1)S(C)(=O)=O.O=C(O)C(F)(F)F.O=C(O)C(F)(F)F. The molecule has 13 nitrogen and oxygen atoms in total. The van der Waals surface area contributed by atoms with Crippen LogP contribution in [-0.2, 0) is 42.0 Å². The quantitative estimate of drug-likeness (QED) is 0.205. The number of fused-ring (bicyclic) bond motifs is 1.